The van der Waals surface area contributed by atoms with E-state index in [2.05, 4.69) is 15.7 Å². The third kappa shape index (κ3) is 3.56. The van der Waals surface area contributed by atoms with E-state index in [1.807, 2.05) is 55.9 Å². The molecule has 2 heterocycles. The number of carbonyl (C=O) groups is 2. The molecule has 132 valence electrons. The number of nitrogens with one attached hydrogen (secondary N) is 2. The van der Waals surface area contributed by atoms with Crippen LogP contribution >= 0.6 is 0 Å². The lowest BCUT2D eigenvalue weighted by molar-refractivity contribution is -0.123. The smallest absolute Gasteiger partial charge is 0.244 e. The number of para-hydroxylation sites is 2. The molecule has 3 rings (SSSR count). The largest absolute Gasteiger partial charge is 0.323 e. The van der Waals surface area contributed by atoms with Crippen molar-refractivity contribution >= 4 is 23.2 Å². The third-order valence-corrected chi connectivity index (χ3v) is 4.59. The zero-order valence-corrected chi connectivity index (χ0v) is 14.6. The van der Waals surface area contributed by atoms with Crippen LogP contribution in [-0.4, -0.2) is 40.2 Å². The molecule has 0 fully saturated rings. The lowest BCUT2D eigenvalue weighted by Crippen LogP contribution is -2.52. The highest BCUT2D eigenvalue weighted by molar-refractivity contribution is 6.11. The maximum Gasteiger partial charge on any atom is 0.244 e. The number of amides is 2. The van der Waals surface area contributed by atoms with Crippen LogP contribution in [0.2, 0.25) is 0 Å². The van der Waals surface area contributed by atoms with Crippen LogP contribution in [0.5, 0.6) is 0 Å². The van der Waals surface area contributed by atoms with Crippen molar-refractivity contribution in [2.75, 3.05) is 16.8 Å². The molecule has 1 aliphatic rings. The van der Waals surface area contributed by atoms with Crippen LogP contribution in [0.3, 0.4) is 0 Å². The summed E-state index contributed by atoms with van der Waals surface area (Å²) in [4.78, 5) is 26.4. The van der Waals surface area contributed by atoms with Gasteiger partial charge in [0.15, 0.2) is 0 Å². The SMILES string of the molecule is C[C@H](N[C@@H](C)[C@H](C)n1cccn1)C(=O)N1CC(=O)Nc2ccccc21. The molecule has 0 saturated carbocycles. The molecule has 0 aliphatic carbocycles. The van der Waals surface area contributed by atoms with Crippen LogP contribution in [0, 0.1) is 0 Å². The van der Waals surface area contributed by atoms with Gasteiger partial charge in [-0.1, -0.05) is 12.1 Å². The molecular formula is C18H23N5O2. The van der Waals surface area contributed by atoms with Crippen molar-refractivity contribution in [2.45, 2.75) is 38.9 Å². The van der Waals surface area contributed by atoms with Gasteiger partial charge in [-0.15, -0.1) is 0 Å². The van der Waals surface area contributed by atoms with Gasteiger partial charge in [0.1, 0.15) is 6.54 Å². The Kier molecular flexibility index (Phi) is 4.85. The lowest BCUT2D eigenvalue weighted by Gasteiger charge is -2.33. The summed E-state index contributed by atoms with van der Waals surface area (Å²) in [5.41, 5.74) is 1.39. The maximum atomic E-state index is 12.9. The van der Waals surface area contributed by atoms with Crippen molar-refractivity contribution in [1.29, 1.82) is 0 Å². The van der Waals surface area contributed by atoms with Gasteiger partial charge in [0.25, 0.3) is 0 Å². The van der Waals surface area contributed by atoms with Crippen molar-refractivity contribution in [3.8, 4) is 0 Å². The van der Waals surface area contributed by atoms with E-state index in [1.165, 1.54) is 4.90 Å². The molecule has 0 bridgehead atoms. The quantitative estimate of drug-likeness (QED) is 0.869. The van der Waals surface area contributed by atoms with Gasteiger partial charge in [-0.25, -0.2) is 0 Å². The Morgan fingerprint density at radius 1 is 1.24 bits per heavy atom. The molecule has 1 aromatic carbocycles. The number of aromatic nitrogens is 2. The Morgan fingerprint density at radius 2 is 2.00 bits per heavy atom. The molecule has 7 heteroatoms. The van der Waals surface area contributed by atoms with Crippen molar-refractivity contribution < 1.29 is 9.59 Å². The van der Waals surface area contributed by atoms with Gasteiger partial charge in [-0.05, 0) is 39.0 Å². The van der Waals surface area contributed by atoms with Crippen molar-refractivity contribution in [2.24, 2.45) is 0 Å². The number of hydrogen-bond acceptors (Lipinski definition) is 4. The zero-order chi connectivity index (χ0) is 18.0. The number of nitrogens with zero attached hydrogens (tertiary/aromatic N) is 3. The molecule has 1 aromatic heterocycles. The molecule has 25 heavy (non-hydrogen) atoms. The van der Waals surface area contributed by atoms with Gasteiger partial charge in [0.2, 0.25) is 11.8 Å². The molecular weight excluding hydrogens is 318 g/mol. The number of fused-ring (bicyclic) bond motifs is 1. The Labute approximate surface area is 147 Å². The maximum absolute atomic E-state index is 12.9. The first kappa shape index (κ1) is 17.2. The van der Waals surface area contributed by atoms with E-state index in [1.54, 1.807) is 12.3 Å². The number of carbonyl (C=O) groups excluding carboxylic acids is 2. The number of anilines is 2. The van der Waals surface area contributed by atoms with E-state index in [4.69, 9.17) is 0 Å². The molecule has 7 nitrogen and oxygen atoms in total. The van der Waals surface area contributed by atoms with E-state index in [0.29, 0.717) is 5.69 Å². The predicted molar refractivity (Wildman–Crippen MR) is 96.4 cm³/mol. The summed E-state index contributed by atoms with van der Waals surface area (Å²) in [5.74, 6) is -0.306. The fourth-order valence-electron chi connectivity index (χ4n) is 3.02. The first-order chi connectivity index (χ1) is 12.0. The van der Waals surface area contributed by atoms with Gasteiger partial charge >= 0.3 is 0 Å². The summed E-state index contributed by atoms with van der Waals surface area (Å²) in [6, 6.07) is 8.92. The minimum atomic E-state index is -0.424. The van der Waals surface area contributed by atoms with Gasteiger partial charge in [-0.3, -0.25) is 19.2 Å². The Balaban J connectivity index is 1.71. The topological polar surface area (TPSA) is 79.3 Å². The standard InChI is InChI=1S/C18H23N5O2/c1-12(14(3)23-10-6-9-19-23)20-13(2)18(25)22-11-17(24)21-15-7-4-5-8-16(15)22/h4-10,12-14,20H,11H2,1-3H3,(H,21,24)/t12-,13-,14-/m0/s1. The van der Waals surface area contributed by atoms with E-state index >= 15 is 0 Å². The Bertz CT molecular complexity index is 759. The van der Waals surface area contributed by atoms with Crippen LogP contribution in [0.25, 0.3) is 0 Å². The monoisotopic (exact) mass is 341 g/mol. The molecule has 0 saturated heterocycles. The van der Waals surface area contributed by atoms with E-state index < -0.39 is 6.04 Å². The van der Waals surface area contributed by atoms with E-state index in [0.717, 1.165) is 5.69 Å². The van der Waals surface area contributed by atoms with Crippen molar-refractivity contribution in [3.63, 3.8) is 0 Å². The highest BCUT2D eigenvalue weighted by Gasteiger charge is 2.30. The Hall–Kier alpha value is -2.67. The van der Waals surface area contributed by atoms with Gasteiger partial charge in [0.05, 0.1) is 23.5 Å². The zero-order valence-electron chi connectivity index (χ0n) is 14.6. The summed E-state index contributed by atoms with van der Waals surface area (Å²) in [6.45, 7) is 5.92. The molecule has 2 N–H and O–H groups in total. The molecule has 3 atom stereocenters. The van der Waals surface area contributed by atoms with Crippen LogP contribution in [0.4, 0.5) is 11.4 Å². The summed E-state index contributed by atoms with van der Waals surface area (Å²) in [6.07, 6.45) is 3.64. The van der Waals surface area contributed by atoms with Crippen molar-refractivity contribution in [3.05, 3.63) is 42.7 Å². The normalized spacial score (nSPS) is 17.4. The number of hydrogen-bond donors (Lipinski definition) is 2. The van der Waals surface area contributed by atoms with Crippen LogP contribution in [0.15, 0.2) is 42.7 Å². The second-order valence-electron chi connectivity index (χ2n) is 6.39. The van der Waals surface area contributed by atoms with Gasteiger partial charge in [0, 0.05) is 18.4 Å². The summed E-state index contributed by atoms with van der Waals surface area (Å²) >= 11 is 0. The molecule has 2 aromatic rings. The van der Waals surface area contributed by atoms with Gasteiger partial charge < -0.3 is 10.6 Å². The third-order valence-electron chi connectivity index (χ3n) is 4.59. The molecule has 0 radical (unpaired) electrons. The first-order valence-electron chi connectivity index (χ1n) is 8.43. The highest BCUT2D eigenvalue weighted by Crippen LogP contribution is 2.29. The minimum absolute atomic E-state index is 0.0327. The summed E-state index contributed by atoms with van der Waals surface area (Å²) < 4.78 is 1.86. The number of benzene rings is 1. The minimum Gasteiger partial charge on any atom is -0.323 e. The molecule has 0 spiro atoms. The summed E-state index contributed by atoms with van der Waals surface area (Å²) in [7, 11) is 0. The van der Waals surface area contributed by atoms with Crippen molar-refractivity contribution in [1.82, 2.24) is 15.1 Å². The number of rotatable bonds is 5. The second-order valence-corrected chi connectivity index (χ2v) is 6.39. The molecule has 1 aliphatic heterocycles. The average molecular weight is 341 g/mol. The van der Waals surface area contributed by atoms with Crippen LogP contribution < -0.4 is 15.5 Å². The first-order valence-corrected chi connectivity index (χ1v) is 8.43. The summed E-state index contributed by atoms with van der Waals surface area (Å²) in [5, 5.41) is 10.4. The molecule has 2 amide bonds. The fourth-order valence-corrected chi connectivity index (χ4v) is 3.02. The average Bonchev–Trinajstić information content (AvgIpc) is 3.14. The molecule has 0 unspecified atom stereocenters. The predicted octanol–water partition coefficient (Wildman–Crippen LogP) is 1.80. The Morgan fingerprint density at radius 3 is 2.72 bits per heavy atom. The van der Waals surface area contributed by atoms with Gasteiger partial charge in [-0.2, -0.15) is 5.10 Å². The van der Waals surface area contributed by atoms with E-state index in [-0.39, 0.29) is 30.4 Å². The lowest BCUT2D eigenvalue weighted by atomic mass is 10.1. The van der Waals surface area contributed by atoms with Crippen LogP contribution in [0.1, 0.15) is 26.8 Å². The van der Waals surface area contributed by atoms with Crippen LogP contribution in [-0.2, 0) is 9.59 Å². The fraction of sp³-hybridized carbons (Fsp3) is 0.389. The second kappa shape index (κ2) is 7.06. The van der Waals surface area contributed by atoms with E-state index in [9.17, 15) is 9.59 Å². The highest BCUT2D eigenvalue weighted by atomic mass is 16.2.